The fourth-order valence-electron chi connectivity index (χ4n) is 2.46. The van der Waals surface area contributed by atoms with Gasteiger partial charge in [0.1, 0.15) is 5.15 Å². The van der Waals surface area contributed by atoms with Gasteiger partial charge in [-0.2, -0.15) is 0 Å². The van der Waals surface area contributed by atoms with Gasteiger partial charge in [-0.05, 0) is 32.4 Å². The van der Waals surface area contributed by atoms with E-state index in [4.69, 9.17) is 16.3 Å². The number of nitrogens with zero attached hydrogens (tertiary/aromatic N) is 2. The van der Waals surface area contributed by atoms with Gasteiger partial charge in [0.2, 0.25) is 0 Å². The van der Waals surface area contributed by atoms with Crippen LogP contribution in [0.3, 0.4) is 0 Å². The molecule has 4 heteroatoms. The van der Waals surface area contributed by atoms with E-state index in [2.05, 4.69) is 30.7 Å². The molecule has 17 heavy (non-hydrogen) atoms. The van der Waals surface area contributed by atoms with E-state index in [0.717, 1.165) is 19.6 Å². The molecule has 1 fully saturated rings. The Labute approximate surface area is 108 Å². The number of morpholine rings is 1. The Morgan fingerprint density at radius 1 is 1.53 bits per heavy atom. The Balaban J connectivity index is 2.01. The number of ether oxygens (including phenoxy) is 1. The van der Waals surface area contributed by atoms with Gasteiger partial charge in [0.25, 0.3) is 0 Å². The van der Waals surface area contributed by atoms with E-state index < -0.39 is 0 Å². The van der Waals surface area contributed by atoms with Crippen LogP contribution in [0.4, 0.5) is 0 Å². The van der Waals surface area contributed by atoms with Gasteiger partial charge in [-0.15, -0.1) is 0 Å². The smallest absolute Gasteiger partial charge is 0.129 e. The third kappa shape index (κ3) is 3.66. The summed E-state index contributed by atoms with van der Waals surface area (Å²) in [5.41, 5.74) is 1.12. The largest absolute Gasteiger partial charge is 0.370 e. The van der Waals surface area contributed by atoms with Crippen LogP contribution < -0.4 is 0 Å². The summed E-state index contributed by atoms with van der Waals surface area (Å²) in [6, 6.07) is 3.87. The number of pyridine rings is 1. The molecule has 94 valence electrons. The molecular weight excluding hydrogens is 236 g/mol. The third-order valence-corrected chi connectivity index (χ3v) is 3.06. The standard InChI is InChI=1S/C13H19ClN2O/c1-10-7-16(9-13(2,3)17-10)8-11-4-5-12(14)15-6-11/h4-6,10H,7-9H2,1-3H3. The summed E-state index contributed by atoms with van der Waals surface area (Å²) in [4.78, 5) is 6.51. The molecule has 0 N–H and O–H groups in total. The lowest BCUT2D eigenvalue weighted by molar-refractivity contribution is -0.130. The number of hydrogen-bond acceptors (Lipinski definition) is 3. The monoisotopic (exact) mass is 254 g/mol. The second kappa shape index (κ2) is 4.92. The summed E-state index contributed by atoms with van der Waals surface area (Å²) >= 11 is 5.78. The van der Waals surface area contributed by atoms with Gasteiger partial charge in [0.05, 0.1) is 11.7 Å². The van der Waals surface area contributed by atoms with Gasteiger partial charge in [-0.1, -0.05) is 17.7 Å². The lowest BCUT2D eigenvalue weighted by Gasteiger charge is -2.41. The van der Waals surface area contributed by atoms with Crippen molar-refractivity contribution >= 4 is 11.6 Å². The summed E-state index contributed by atoms with van der Waals surface area (Å²) in [6.45, 7) is 9.20. The third-order valence-electron chi connectivity index (χ3n) is 2.83. The van der Waals surface area contributed by atoms with Gasteiger partial charge in [-0.3, -0.25) is 4.90 Å². The molecule has 1 atom stereocenters. The Kier molecular flexibility index (Phi) is 3.71. The molecule has 0 spiro atoms. The van der Waals surface area contributed by atoms with Crippen molar-refractivity contribution in [3.05, 3.63) is 29.0 Å². The minimum absolute atomic E-state index is 0.0719. The molecule has 3 nitrogen and oxygen atoms in total. The molecule has 1 aliphatic rings. The molecule has 0 aliphatic carbocycles. The summed E-state index contributed by atoms with van der Waals surface area (Å²) in [5.74, 6) is 0. The van der Waals surface area contributed by atoms with Gasteiger partial charge in [-0.25, -0.2) is 4.98 Å². The Bertz CT molecular complexity index is 378. The van der Waals surface area contributed by atoms with Crippen LogP contribution in [0.1, 0.15) is 26.3 Å². The SMILES string of the molecule is CC1CN(Cc2ccc(Cl)nc2)CC(C)(C)O1. The highest BCUT2D eigenvalue weighted by molar-refractivity contribution is 6.29. The lowest BCUT2D eigenvalue weighted by Crippen LogP contribution is -2.51. The number of aromatic nitrogens is 1. The van der Waals surface area contributed by atoms with Crippen molar-refractivity contribution in [3.8, 4) is 0 Å². The predicted octanol–water partition coefficient (Wildman–Crippen LogP) is 2.73. The van der Waals surface area contributed by atoms with Crippen LogP contribution in [-0.2, 0) is 11.3 Å². The Hall–Kier alpha value is -0.640. The number of rotatable bonds is 2. The molecule has 0 aromatic carbocycles. The zero-order chi connectivity index (χ0) is 12.5. The normalized spacial score (nSPS) is 24.8. The van der Waals surface area contributed by atoms with Gasteiger partial charge in [0.15, 0.2) is 0 Å². The Morgan fingerprint density at radius 3 is 2.88 bits per heavy atom. The predicted molar refractivity (Wildman–Crippen MR) is 69.2 cm³/mol. The molecule has 0 bridgehead atoms. The molecule has 1 aromatic rings. The van der Waals surface area contributed by atoms with Gasteiger partial charge < -0.3 is 4.74 Å². The van der Waals surface area contributed by atoms with Crippen molar-refractivity contribution in [2.24, 2.45) is 0 Å². The van der Waals surface area contributed by atoms with Gasteiger partial charge in [0, 0.05) is 25.8 Å². The average Bonchev–Trinajstić information content (AvgIpc) is 2.18. The van der Waals surface area contributed by atoms with Gasteiger partial charge >= 0.3 is 0 Å². The first-order chi connectivity index (χ1) is 7.94. The Morgan fingerprint density at radius 2 is 2.29 bits per heavy atom. The maximum atomic E-state index is 5.88. The highest BCUT2D eigenvalue weighted by Crippen LogP contribution is 2.22. The summed E-state index contributed by atoms with van der Waals surface area (Å²) < 4.78 is 5.88. The topological polar surface area (TPSA) is 25.4 Å². The second-order valence-electron chi connectivity index (χ2n) is 5.35. The molecule has 0 saturated carbocycles. The molecule has 2 rings (SSSR count). The maximum absolute atomic E-state index is 5.88. The van der Waals surface area contributed by atoms with Crippen molar-refractivity contribution in [1.82, 2.24) is 9.88 Å². The number of halogens is 1. The van der Waals surface area contributed by atoms with Crippen molar-refractivity contribution < 1.29 is 4.74 Å². The van der Waals surface area contributed by atoms with Crippen LogP contribution in [0.2, 0.25) is 5.15 Å². The second-order valence-corrected chi connectivity index (χ2v) is 5.73. The first kappa shape index (κ1) is 12.8. The zero-order valence-electron chi connectivity index (χ0n) is 10.6. The minimum Gasteiger partial charge on any atom is -0.370 e. The molecule has 0 amide bonds. The molecular formula is C13H19ClN2O. The summed E-state index contributed by atoms with van der Waals surface area (Å²) in [7, 11) is 0. The summed E-state index contributed by atoms with van der Waals surface area (Å²) in [6.07, 6.45) is 2.12. The number of hydrogen-bond donors (Lipinski definition) is 0. The van der Waals surface area contributed by atoms with Crippen LogP contribution >= 0.6 is 11.6 Å². The zero-order valence-corrected chi connectivity index (χ0v) is 11.4. The summed E-state index contributed by atoms with van der Waals surface area (Å²) in [5, 5.41) is 0.546. The highest BCUT2D eigenvalue weighted by Gasteiger charge is 2.31. The van der Waals surface area contributed by atoms with E-state index in [1.807, 2.05) is 18.3 Å². The van der Waals surface area contributed by atoms with E-state index in [1.165, 1.54) is 5.56 Å². The molecule has 0 radical (unpaired) electrons. The molecule has 1 unspecified atom stereocenters. The van der Waals surface area contributed by atoms with E-state index in [9.17, 15) is 0 Å². The van der Waals surface area contributed by atoms with Crippen LogP contribution in [0.25, 0.3) is 0 Å². The van der Waals surface area contributed by atoms with Crippen LogP contribution in [0.5, 0.6) is 0 Å². The van der Waals surface area contributed by atoms with E-state index in [1.54, 1.807) is 0 Å². The van der Waals surface area contributed by atoms with E-state index in [-0.39, 0.29) is 11.7 Å². The highest BCUT2D eigenvalue weighted by atomic mass is 35.5. The van der Waals surface area contributed by atoms with Crippen molar-refractivity contribution in [2.75, 3.05) is 13.1 Å². The lowest BCUT2D eigenvalue weighted by atomic mass is 10.1. The van der Waals surface area contributed by atoms with E-state index >= 15 is 0 Å². The van der Waals surface area contributed by atoms with Crippen LogP contribution in [0, 0.1) is 0 Å². The van der Waals surface area contributed by atoms with Crippen molar-refractivity contribution in [1.29, 1.82) is 0 Å². The van der Waals surface area contributed by atoms with E-state index in [0.29, 0.717) is 5.15 Å². The molecule has 1 saturated heterocycles. The maximum Gasteiger partial charge on any atom is 0.129 e. The molecule has 2 heterocycles. The molecule has 1 aromatic heterocycles. The van der Waals surface area contributed by atoms with Crippen molar-refractivity contribution in [2.45, 2.75) is 39.0 Å². The fraction of sp³-hybridized carbons (Fsp3) is 0.615. The van der Waals surface area contributed by atoms with Crippen molar-refractivity contribution in [3.63, 3.8) is 0 Å². The minimum atomic E-state index is -0.0719. The fourth-order valence-corrected chi connectivity index (χ4v) is 2.58. The quantitative estimate of drug-likeness (QED) is 0.759. The molecule has 1 aliphatic heterocycles. The van der Waals surface area contributed by atoms with Crippen LogP contribution in [-0.4, -0.2) is 34.7 Å². The first-order valence-electron chi connectivity index (χ1n) is 5.95. The first-order valence-corrected chi connectivity index (χ1v) is 6.33. The average molecular weight is 255 g/mol. The van der Waals surface area contributed by atoms with Crippen LogP contribution in [0.15, 0.2) is 18.3 Å².